The highest BCUT2D eigenvalue weighted by Gasteiger charge is 2.32. The van der Waals surface area contributed by atoms with Gasteiger partial charge in [0.15, 0.2) is 17.3 Å². The van der Waals surface area contributed by atoms with Gasteiger partial charge in [0.25, 0.3) is 0 Å². The molecule has 0 saturated carbocycles. The number of benzene rings is 1. The van der Waals surface area contributed by atoms with Crippen molar-refractivity contribution in [1.29, 1.82) is 0 Å². The van der Waals surface area contributed by atoms with E-state index in [4.69, 9.17) is 23.7 Å². The molecule has 1 aromatic carbocycles. The summed E-state index contributed by atoms with van der Waals surface area (Å²) >= 11 is 0. The molecule has 1 heterocycles. The molecule has 25 heavy (non-hydrogen) atoms. The minimum absolute atomic E-state index is 0.150. The summed E-state index contributed by atoms with van der Waals surface area (Å²) in [6.07, 6.45) is 2.94. The van der Waals surface area contributed by atoms with E-state index in [1.807, 2.05) is 13.8 Å². The van der Waals surface area contributed by atoms with Crippen molar-refractivity contribution >= 4 is 12.0 Å². The van der Waals surface area contributed by atoms with Gasteiger partial charge in [-0.15, -0.1) is 0 Å². The first kappa shape index (κ1) is 19.1. The summed E-state index contributed by atoms with van der Waals surface area (Å²) in [5, 5.41) is 2.79. The minimum Gasteiger partial charge on any atom is -0.493 e. The van der Waals surface area contributed by atoms with Crippen LogP contribution in [0.4, 0.5) is 0 Å². The Labute approximate surface area is 147 Å². The second kappa shape index (κ2) is 8.22. The van der Waals surface area contributed by atoms with Crippen molar-refractivity contribution in [3.63, 3.8) is 0 Å². The van der Waals surface area contributed by atoms with Crippen LogP contribution in [0.25, 0.3) is 6.08 Å². The smallest absolute Gasteiger partial charge is 0.244 e. The minimum atomic E-state index is -0.599. The van der Waals surface area contributed by atoms with Gasteiger partial charge in [0.1, 0.15) is 6.10 Å². The first-order valence-corrected chi connectivity index (χ1v) is 7.97. The maximum Gasteiger partial charge on any atom is 0.244 e. The number of rotatable bonds is 7. The average Bonchev–Trinajstić information content (AvgIpc) is 2.95. The normalized spacial score (nSPS) is 19.0. The van der Waals surface area contributed by atoms with Crippen LogP contribution in [0.5, 0.6) is 17.2 Å². The fourth-order valence-electron chi connectivity index (χ4n) is 2.56. The van der Waals surface area contributed by atoms with Crippen molar-refractivity contribution in [2.45, 2.75) is 25.7 Å². The van der Waals surface area contributed by atoms with Crippen molar-refractivity contribution in [2.24, 2.45) is 0 Å². The second-order valence-corrected chi connectivity index (χ2v) is 5.95. The van der Waals surface area contributed by atoms with Gasteiger partial charge in [-0.25, -0.2) is 0 Å². The summed E-state index contributed by atoms with van der Waals surface area (Å²) in [6.45, 7) is 4.53. The highest BCUT2D eigenvalue weighted by Crippen LogP contribution is 2.40. The standard InChI is InChI=1S/C18H25NO6/c1-18(2)24-11-13(25-18)10-19-15(20)9-7-12-6-8-14(21-3)17(23-5)16(12)22-4/h6-9,13H,10-11H2,1-5H3,(H,19,20)/b9-7+. The van der Waals surface area contributed by atoms with Gasteiger partial charge in [0.2, 0.25) is 11.7 Å². The van der Waals surface area contributed by atoms with E-state index in [9.17, 15) is 4.79 Å². The maximum absolute atomic E-state index is 12.0. The molecule has 2 rings (SSSR count). The van der Waals surface area contributed by atoms with E-state index < -0.39 is 5.79 Å². The summed E-state index contributed by atoms with van der Waals surface area (Å²) in [4.78, 5) is 12.0. The molecule has 1 fully saturated rings. The van der Waals surface area contributed by atoms with Crippen LogP contribution in [0.1, 0.15) is 19.4 Å². The van der Waals surface area contributed by atoms with Crippen LogP contribution in [0, 0.1) is 0 Å². The Kier molecular flexibility index (Phi) is 6.27. The van der Waals surface area contributed by atoms with E-state index >= 15 is 0 Å². The molecule has 0 aliphatic carbocycles. The summed E-state index contributed by atoms with van der Waals surface area (Å²) in [7, 11) is 4.62. The lowest BCUT2D eigenvalue weighted by Gasteiger charge is -2.17. The molecule has 1 aromatic rings. The van der Waals surface area contributed by atoms with Crippen LogP contribution in [-0.4, -0.2) is 52.3 Å². The third-order valence-corrected chi connectivity index (χ3v) is 3.72. The Morgan fingerprint density at radius 1 is 1.24 bits per heavy atom. The maximum atomic E-state index is 12.0. The van der Waals surface area contributed by atoms with Gasteiger partial charge in [0, 0.05) is 18.2 Å². The molecule has 0 aromatic heterocycles. The summed E-state index contributed by atoms with van der Waals surface area (Å²) < 4.78 is 27.0. The molecule has 0 spiro atoms. The first-order valence-electron chi connectivity index (χ1n) is 7.97. The SMILES string of the molecule is COc1ccc(/C=C/C(=O)NCC2COC(C)(C)O2)c(OC)c1OC. The van der Waals surface area contributed by atoms with Gasteiger partial charge >= 0.3 is 0 Å². The Bertz CT molecular complexity index is 641. The van der Waals surface area contributed by atoms with Gasteiger partial charge in [-0.2, -0.15) is 0 Å². The van der Waals surface area contributed by atoms with Crippen LogP contribution >= 0.6 is 0 Å². The second-order valence-electron chi connectivity index (χ2n) is 5.95. The Balaban J connectivity index is 2.00. The van der Waals surface area contributed by atoms with Gasteiger partial charge in [0.05, 0.1) is 27.9 Å². The number of carbonyl (C=O) groups is 1. The lowest BCUT2D eigenvalue weighted by Crippen LogP contribution is -2.33. The van der Waals surface area contributed by atoms with E-state index in [0.717, 1.165) is 0 Å². The monoisotopic (exact) mass is 351 g/mol. The van der Waals surface area contributed by atoms with Crippen LogP contribution in [0.15, 0.2) is 18.2 Å². The van der Waals surface area contributed by atoms with E-state index in [-0.39, 0.29) is 12.0 Å². The molecule has 1 aliphatic heterocycles. The topological polar surface area (TPSA) is 75.3 Å². The molecule has 1 saturated heterocycles. The fraction of sp³-hybridized carbons (Fsp3) is 0.500. The molecule has 7 heteroatoms. The summed E-state index contributed by atoms with van der Waals surface area (Å²) in [5.74, 6) is 0.705. The van der Waals surface area contributed by atoms with Crippen molar-refractivity contribution in [1.82, 2.24) is 5.32 Å². The number of nitrogens with one attached hydrogen (secondary N) is 1. The van der Waals surface area contributed by atoms with Gasteiger partial charge < -0.3 is 29.0 Å². The Morgan fingerprint density at radius 2 is 1.96 bits per heavy atom. The lowest BCUT2D eigenvalue weighted by molar-refractivity contribution is -0.139. The quantitative estimate of drug-likeness (QED) is 0.757. The molecular weight excluding hydrogens is 326 g/mol. The van der Waals surface area contributed by atoms with Gasteiger partial charge in [-0.3, -0.25) is 4.79 Å². The van der Waals surface area contributed by atoms with E-state index in [2.05, 4.69) is 5.32 Å². The predicted octanol–water partition coefficient (Wildman–Crippen LogP) is 1.99. The first-order chi connectivity index (χ1) is 11.9. The largest absolute Gasteiger partial charge is 0.493 e. The van der Waals surface area contributed by atoms with Crippen LogP contribution < -0.4 is 19.5 Å². The van der Waals surface area contributed by atoms with Crippen molar-refractivity contribution in [3.8, 4) is 17.2 Å². The third kappa shape index (κ3) is 4.87. The van der Waals surface area contributed by atoms with Crippen LogP contribution in [0.3, 0.4) is 0 Å². The molecule has 1 atom stereocenters. The predicted molar refractivity (Wildman–Crippen MR) is 93.0 cm³/mol. The van der Waals surface area contributed by atoms with Crippen molar-refractivity contribution in [2.75, 3.05) is 34.5 Å². The van der Waals surface area contributed by atoms with E-state index in [0.29, 0.717) is 36.0 Å². The Hall–Kier alpha value is -2.25. The number of ether oxygens (including phenoxy) is 5. The summed E-state index contributed by atoms with van der Waals surface area (Å²) in [5.41, 5.74) is 0.705. The molecule has 7 nitrogen and oxygen atoms in total. The zero-order chi connectivity index (χ0) is 18.4. The average molecular weight is 351 g/mol. The fourth-order valence-corrected chi connectivity index (χ4v) is 2.56. The molecule has 1 unspecified atom stereocenters. The molecule has 1 amide bonds. The Morgan fingerprint density at radius 3 is 2.52 bits per heavy atom. The van der Waals surface area contributed by atoms with Gasteiger partial charge in [-0.1, -0.05) is 0 Å². The molecule has 0 bridgehead atoms. The third-order valence-electron chi connectivity index (χ3n) is 3.72. The highest BCUT2D eigenvalue weighted by atomic mass is 16.7. The number of hydrogen-bond donors (Lipinski definition) is 1. The highest BCUT2D eigenvalue weighted by molar-refractivity contribution is 5.92. The summed E-state index contributed by atoms with van der Waals surface area (Å²) in [6, 6.07) is 3.55. The molecule has 1 aliphatic rings. The van der Waals surface area contributed by atoms with Crippen molar-refractivity contribution < 1.29 is 28.5 Å². The molecule has 1 N–H and O–H groups in total. The van der Waals surface area contributed by atoms with E-state index in [1.54, 1.807) is 25.3 Å². The molecular formula is C18H25NO6. The number of hydrogen-bond acceptors (Lipinski definition) is 6. The lowest BCUT2D eigenvalue weighted by atomic mass is 10.1. The zero-order valence-corrected chi connectivity index (χ0v) is 15.3. The molecule has 138 valence electrons. The zero-order valence-electron chi connectivity index (χ0n) is 15.3. The van der Waals surface area contributed by atoms with Gasteiger partial charge in [-0.05, 0) is 32.1 Å². The van der Waals surface area contributed by atoms with E-state index in [1.165, 1.54) is 20.3 Å². The van der Waals surface area contributed by atoms with Crippen LogP contribution in [0.2, 0.25) is 0 Å². The van der Waals surface area contributed by atoms with Crippen LogP contribution in [-0.2, 0) is 14.3 Å². The number of amides is 1. The number of carbonyl (C=O) groups excluding carboxylic acids is 1. The van der Waals surface area contributed by atoms with Crippen molar-refractivity contribution in [3.05, 3.63) is 23.8 Å². The number of methoxy groups -OCH3 is 3. The molecule has 0 radical (unpaired) electrons.